The molecule has 0 aliphatic rings. The summed E-state index contributed by atoms with van der Waals surface area (Å²) in [6.07, 6.45) is 0.219. The maximum absolute atomic E-state index is 12.0. The van der Waals surface area contributed by atoms with Crippen LogP contribution in [0.15, 0.2) is 42.5 Å². The Hall–Kier alpha value is -2.40. The van der Waals surface area contributed by atoms with Gasteiger partial charge in [0.15, 0.2) is 0 Å². The second-order valence-electron chi connectivity index (χ2n) is 6.05. The van der Waals surface area contributed by atoms with E-state index in [1.807, 2.05) is 56.3 Å². The number of amides is 1. The smallest absolute Gasteiger partial charge is 0.326 e. The van der Waals surface area contributed by atoms with Gasteiger partial charge < -0.3 is 16.2 Å². The highest BCUT2D eigenvalue weighted by Crippen LogP contribution is 2.17. The molecule has 0 radical (unpaired) electrons. The van der Waals surface area contributed by atoms with E-state index in [1.54, 1.807) is 0 Å². The summed E-state index contributed by atoms with van der Waals surface area (Å²) in [4.78, 5) is 23.4. The van der Waals surface area contributed by atoms with Crippen LogP contribution in [0, 0.1) is 5.92 Å². The fourth-order valence-corrected chi connectivity index (χ4v) is 2.37. The number of benzene rings is 2. The van der Waals surface area contributed by atoms with Crippen LogP contribution in [0.2, 0.25) is 0 Å². The first-order chi connectivity index (χ1) is 10.9. The third-order valence-electron chi connectivity index (χ3n) is 3.89. The quantitative estimate of drug-likeness (QED) is 0.759. The average molecular weight is 314 g/mol. The summed E-state index contributed by atoms with van der Waals surface area (Å²) in [7, 11) is 0. The van der Waals surface area contributed by atoms with Gasteiger partial charge in [-0.15, -0.1) is 0 Å². The number of rotatable bonds is 6. The average Bonchev–Trinajstić information content (AvgIpc) is 2.53. The van der Waals surface area contributed by atoms with Gasteiger partial charge in [0.2, 0.25) is 5.91 Å². The van der Waals surface area contributed by atoms with Gasteiger partial charge >= 0.3 is 5.97 Å². The van der Waals surface area contributed by atoms with Gasteiger partial charge in [0.05, 0.1) is 6.04 Å². The molecule has 0 heterocycles. The van der Waals surface area contributed by atoms with Gasteiger partial charge in [-0.1, -0.05) is 56.3 Å². The number of nitrogens with two attached hydrogens (primary N) is 1. The molecule has 0 aromatic heterocycles. The molecule has 0 fully saturated rings. The maximum Gasteiger partial charge on any atom is 0.326 e. The van der Waals surface area contributed by atoms with E-state index in [2.05, 4.69) is 5.32 Å². The van der Waals surface area contributed by atoms with Crippen LogP contribution in [0.3, 0.4) is 0 Å². The molecule has 2 aromatic rings. The second kappa shape index (κ2) is 7.24. The summed E-state index contributed by atoms with van der Waals surface area (Å²) in [6.45, 7) is 3.65. The van der Waals surface area contributed by atoms with Crippen LogP contribution in [-0.2, 0) is 16.0 Å². The summed E-state index contributed by atoms with van der Waals surface area (Å²) in [5, 5.41) is 14.0. The predicted molar refractivity (Wildman–Crippen MR) is 90.0 cm³/mol. The van der Waals surface area contributed by atoms with Crippen molar-refractivity contribution in [2.45, 2.75) is 32.4 Å². The molecule has 0 bridgehead atoms. The van der Waals surface area contributed by atoms with Crippen molar-refractivity contribution in [1.82, 2.24) is 5.32 Å². The lowest BCUT2D eigenvalue weighted by Crippen LogP contribution is -2.51. The topological polar surface area (TPSA) is 92.4 Å². The summed E-state index contributed by atoms with van der Waals surface area (Å²) >= 11 is 0. The van der Waals surface area contributed by atoms with Crippen molar-refractivity contribution in [3.8, 4) is 0 Å². The van der Waals surface area contributed by atoms with Gasteiger partial charge in [0.1, 0.15) is 6.04 Å². The summed E-state index contributed by atoms with van der Waals surface area (Å²) in [5.74, 6) is -1.55. The van der Waals surface area contributed by atoms with Crippen LogP contribution in [-0.4, -0.2) is 29.1 Å². The van der Waals surface area contributed by atoms with E-state index in [4.69, 9.17) is 5.73 Å². The Kier molecular flexibility index (Phi) is 5.34. The molecule has 122 valence electrons. The fourth-order valence-electron chi connectivity index (χ4n) is 2.37. The minimum Gasteiger partial charge on any atom is -0.480 e. The highest BCUT2D eigenvalue weighted by molar-refractivity contribution is 5.87. The molecule has 5 nitrogen and oxygen atoms in total. The van der Waals surface area contributed by atoms with Gasteiger partial charge in [-0.05, 0) is 22.3 Å². The van der Waals surface area contributed by atoms with Crippen molar-refractivity contribution in [3.05, 3.63) is 48.0 Å². The molecular weight excluding hydrogens is 292 g/mol. The predicted octanol–water partition coefficient (Wildman–Crippen LogP) is 1.93. The van der Waals surface area contributed by atoms with Crippen molar-refractivity contribution in [3.63, 3.8) is 0 Å². The number of carbonyl (C=O) groups is 2. The SMILES string of the molecule is CC(C)C(N)C(=O)NC(Cc1ccc2ccccc2c1)C(=O)O. The molecule has 23 heavy (non-hydrogen) atoms. The van der Waals surface area contributed by atoms with Crippen LogP contribution in [0.25, 0.3) is 10.8 Å². The Morgan fingerprint density at radius 2 is 1.78 bits per heavy atom. The molecule has 2 aromatic carbocycles. The molecule has 0 aliphatic carbocycles. The van der Waals surface area contributed by atoms with E-state index < -0.39 is 24.0 Å². The zero-order chi connectivity index (χ0) is 17.0. The lowest BCUT2D eigenvalue weighted by Gasteiger charge is -2.20. The van der Waals surface area contributed by atoms with Gasteiger partial charge in [0, 0.05) is 6.42 Å². The van der Waals surface area contributed by atoms with Crippen molar-refractivity contribution in [2.75, 3.05) is 0 Å². The molecule has 0 saturated carbocycles. The lowest BCUT2D eigenvalue weighted by molar-refractivity contribution is -0.142. The number of nitrogens with one attached hydrogen (secondary N) is 1. The third kappa shape index (κ3) is 4.29. The van der Waals surface area contributed by atoms with Gasteiger partial charge in [-0.25, -0.2) is 4.79 Å². The van der Waals surface area contributed by atoms with Gasteiger partial charge in [0.25, 0.3) is 0 Å². The van der Waals surface area contributed by atoms with Crippen molar-refractivity contribution >= 4 is 22.6 Å². The van der Waals surface area contributed by atoms with E-state index in [0.29, 0.717) is 0 Å². The minimum atomic E-state index is -1.07. The molecule has 4 N–H and O–H groups in total. The molecule has 2 atom stereocenters. The Bertz CT molecular complexity index is 712. The number of hydrogen-bond acceptors (Lipinski definition) is 3. The number of fused-ring (bicyclic) bond motifs is 1. The highest BCUT2D eigenvalue weighted by Gasteiger charge is 2.25. The van der Waals surface area contributed by atoms with Crippen molar-refractivity contribution < 1.29 is 14.7 Å². The molecule has 0 spiro atoms. The summed E-state index contributed by atoms with van der Waals surface area (Å²) in [6, 6.07) is 11.9. The molecule has 2 rings (SSSR count). The van der Waals surface area contributed by atoms with Crippen LogP contribution in [0.1, 0.15) is 19.4 Å². The van der Waals surface area contributed by atoms with E-state index in [-0.39, 0.29) is 12.3 Å². The number of aliphatic carboxylic acids is 1. The van der Waals surface area contributed by atoms with Crippen LogP contribution >= 0.6 is 0 Å². The first-order valence-corrected chi connectivity index (χ1v) is 7.65. The molecular formula is C18H22N2O3. The first kappa shape index (κ1) is 17.0. The number of hydrogen-bond donors (Lipinski definition) is 3. The molecule has 2 unspecified atom stereocenters. The zero-order valence-electron chi connectivity index (χ0n) is 13.3. The fraction of sp³-hybridized carbons (Fsp3) is 0.333. The molecule has 0 saturated heterocycles. The Morgan fingerprint density at radius 3 is 2.39 bits per heavy atom. The normalized spacial score (nSPS) is 13.7. The third-order valence-corrected chi connectivity index (χ3v) is 3.89. The van der Waals surface area contributed by atoms with E-state index >= 15 is 0 Å². The van der Waals surface area contributed by atoms with Crippen LogP contribution in [0.5, 0.6) is 0 Å². The van der Waals surface area contributed by atoms with Crippen LogP contribution in [0.4, 0.5) is 0 Å². The largest absolute Gasteiger partial charge is 0.480 e. The van der Waals surface area contributed by atoms with Gasteiger partial charge in [-0.2, -0.15) is 0 Å². The van der Waals surface area contributed by atoms with E-state index in [9.17, 15) is 14.7 Å². The van der Waals surface area contributed by atoms with Crippen molar-refractivity contribution in [1.29, 1.82) is 0 Å². The standard InChI is InChI=1S/C18H22N2O3/c1-11(2)16(19)17(21)20-15(18(22)23)10-12-7-8-13-5-3-4-6-14(13)9-12/h3-9,11,15-16H,10,19H2,1-2H3,(H,20,21)(H,22,23). The number of carboxylic acids is 1. The van der Waals surface area contributed by atoms with Gasteiger partial charge in [-0.3, -0.25) is 4.79 Å². The molecule has 1 amide bonds. The zero-order valence-corrected chi connectivity index (χ0v) is 13.3. The lowest BCUT2D eigenvalue weighted by atomic mass is 10.0. The Morgan fingerprint density at radius 1 is 1.13 bits per heavy atom. The second-order valence-corrected chi connectivity index (χ2v) is 6.05. The van der Waals surface area contributed by atoms with Crippen LogP contribution < -0.4 is 11.1 Å². The van der Waals surface area contributed by atoms with E-state index in [1.165, 1.54) is 0 Å². The maximum atomic E-state index is 12.0. The first-order valence-electron chi connectivity index (χ1n) is 7.65. The minimum absolute atomic E-state index is 0.0508. The summed E-state index contributed by atoms with van der Waals surface area (Å²) < 4.78 is 0. The monoisotopic (exact) mass is 314 g/mol. The molecule has 5 heteroatoms. The number of carbonyl (C=O) groups excluding carboxylic acids is 1. The molecule has 0 aliphatic heterocycles. The number of carboxylic acid groups (broad SMARTS) is 1. The van der Waals surface area contributed by atoms with Crippen molar-refractivity contribution in [2.24, 2.45) is 11.7 Å². The van der Waals surface area contributed by atoms with E-state index in [0.717, 1.165) is 16.3 Å². The Labute approximate surface area is 135 Å². The summed E-state index contributed by atoms with van der Waals surface area (Å²) in [5.41, 5.74) is 6.63. The highest BCUT2D eigenvalue weighted by atomic mass is 16.4. The Balaban J connectivity index is 2.14.